The van der Waals surface area contributed by atoms with Crippen molar-refractivity contribution in [1.82, 2.24) is 0 Å². The van der Waals surface area contributed by atoms with Gasteiger partial charge in [0.25, 0.3) is 0 Å². The molecular weight excluding hydrogens is 467 g/mol. The van der Waals surface area contributed by atoms with Gasteiger partial charge >= 0.3 is 189 Å². The van der Waals surface area contributed by atoms with E-state index < -0.39 is 24.1 Å². The SMILES string of the molecule is CCCCCCCCCCCCCC([Se]c1ccccc1)[C@@H](O)[C@@H]1OC(C)(C)OC[C@H]1O. The van der Waals surface area contributed by atoms with Crippen LogP contribution >= 0.6 is 0 Å². The van der Waals surface area contributed by atoms with E-state index in [9.17, 15) is 10.2 Å². The summed E-state index contributed by atoms with van der Waals surface area (Å²) in [5.41, 5.74) is 0. The third-order valence-corrected chi connectivity index (χ3v) is 9.10. The molecule has 2 N–H and O–H groups in total. The fourth-order valence-corrected chi connectivity index (χ4v) is 6.92. The van der Waals surface area contributed by atoms with E-state index in [0.717, 1.165) is 12.8 Å². The van der Waals surface area contributed by atoms with Crippen LogP contribution in [0.1, 0.15) is 97.8 Å². The van der Waals surface area contributed by atoms with Gasteiger partial charge in [0.15, 0.2) is 0 Å². The van der Waals surface area contributed by atoms with E-state index in [1.54, 1.807) is 0 Å². The summed E-state index contributed by atoms with van der Waals surface area (Å²) < 4.78 is 12.8. The van der Waals surface area contributed by atoms with Gasteiger partial charge in [0.05, 0.1) is 0 Å². The Morgan fingerprint density at radius 3 is 2.09 bits per heavy atom. The Labute approximate surface area is 202 Å². The molecule has 184 valence electrons. The molecule has 1 aliphatic rings. The Kier molecular flexibility index (Phi) is 13.5. The Balaban J connectivity index is 1.77. The molecule has 1 aromatic rings. The number of hydrogen-bond donors (Lipinski definition) is 2. The minimum atomic E-state index is -0.788. The standard InChI is InChI=1S/C27H46O4Se/c1-4-5-6-7-8-9-10-11-12-13-17-20-24(32-22-18-15-14-16-19-22)25(29)26-23(28)21-30-27(2,3)31-26/h14-16,18-19,23-26,28-29H,4-13,17,20-21H2,1-3H3/t23-,24?,25-,26-/m1/s1. The second-order valence-corrected chi connectivity index (χ2v) is 12.4. The third kappa shape index (κ3) is 10.7. The zero-order chi connectivity index (χ0) is 23.2. The van der Waals surface area contributed by atoms with Crippen molar-refractivity contribution in [3.8, 4) is 0 Å². The van der Waals surface area contributed by atoms with Crippen LogP contribution in [0.5, 0.6) is 0 Å². The first kappa shape index (κ1) is 27.8. The van der Waals surface area contributed by atoms with Gasteiger partial charge < -0.3 is 0 Å². The summed E-state index contributed by atoms with van der Waals surface area (Å²) in [6.45, 7) is 6.17. The third-order valence-electron chi connectivity index (χ3n) is 6.24. The molecule has 1 aliphatic heterocycles. The Morgan fingerprint density at radius 1 is 0.938 bits per heavy atom. The van der Waals surface area contributed by atoms with E-state index in [0.29, 0.717) is 0 Å². The van der Waals surface area contributed by atoms with Gasteiger partial charge in [-0.15, -0.1) is 0 Å². The second-order valence-electron chi connectivity index (χ2n) is 9.64. The normalized spacial score (nSPS) is 22.5. The van der Waals surface area contributed by atoms with Crippen LogP contribution in [0.2, 0.25) is 4.82 Å². The number of rotatable bonds is 16. The zero-order valence-corrected chi connectivity index (χ0v) is 22.2. The molecule has 0 aromatic heterocycles. The van der Waals surface area contributed by atoms with Crippen molar-refractivity contribution in [3.63, 3.8) is 0 Å². The topological polar surface area (TPSA) is 58.9 Å². The Hall–Kier alpha value is -0.421. The number of unbranched alkanes of at least 4 members (excludes halogenated alkanes) is 10. The fourth-order valence-electron chi connectivity index (χ4n) is 4.31. The van der Waals surface area contributed by atoms with Crippen LogP contribution < -0.4 is 4.46 Å². The van der Waals surface area contributed by atoms with E-state index in [2.05, 4.69) is 31.2 Å². The molecule has 1 fully saturated rings. The molecule has 4 atom stereocenters. The number of ether oxygens (including phenoxy) is 2. The summed E-state index contributed by atoms with van der Waals surface area (Å²) in [6, 6.07) is 10.4. The quantitative estimate of drug-likeness (QED) is 0.230. The first-order valence-corrected chi connectivity index (χ1v) is 14.7. The van der Waals surface area contributed by atoms with Gasteiger partial charge in [0, 0.05) is 0 Å². The minimum absolute atomic E-state index is 0.122. The van der Waals surface area contributed by atoms with Crippen molar-refractivity contribution in [2.45, 2.75) is 127 Å². The molecule has 0 aliphatic carbocycles. The molecule has 0 saturated carbocycles. The number of aliphatic hydroxyl groups excluding tert-OH is 2. The van der Waals surface area contributed by atoms with Crippen molar-refractivity contribution in [2.24, 2.45) is 0 Å². The number of aliphatic hydroxyl groups is 2. The Bertz CT molecular complexity index is 595. The average Bonchev–Trinajstić information content (AvgIpc) is 2.78. The summed E-state index contributed by atoms with van der Waals surface area (Å²) in [7, 11) is 0. The summed E-state index contributed by atoms with van der Waals surface area (Å²) >= 11 is 0.130. The fraction of sp³-hybridized carbons (Fsp3) is 0.778. The van der Waals surface area contributed by atoms with Crippen LogP contribution in [0.25, 0.3) is 0 Å². The van der Waals surface area contributed by atoms with Crippen LogP contribution in [0, 0.1) is 0 Å². The summed E-state index contributed by atoms with van der Waals surface area (Å²) in [4.78, 5) is 0.122. The summed E-state index contributed by atoms with van der Waals surface area (Å²) in [5, 5.41) is 21.7. The van der Waals surface area contributed by atoms with Crippen molar-refractivity contribution < 1.29 is 19.7 Å². The first-order chi connectivity index (χ1) is 15.4. The summed E-state index contributed by atoms with van der Waals surface area (Å²) in [5.74, 6) is -0.772. The predicted molar refractivity (Wildman–Crippen MR) is 134 cm³/mol. The van der Waals surface area contributed by atoms with E-state index in [4.69, 9.17) is 9.47 Å². The van der Waals surface area contributed by atoms with Crippen molar-refractivity contribution in [3.05, 3.63) is 30.3 Å². The van der Waals surface area contributed by atoms with Gasteiger partial charge in [0.1, 0.15) is 0 Å². The van der Waals surface area contributed by atoms with Crippen LogP contribution in [0.15, 0.2) is 30.3 Å². The van der Waals surface area contributed by atoms with Crippen molar-refractivity contribution in [1.29, 1.82) is 0 Å². The molecule has 2 rings (SSSR count). The average molecular weight is 514 g/mol. The number of benzene rings is 1. The van der Waals surface area contributed by atoms with Gasteiger partial charge in [-0.1, -0.05) is 13.3 Å². The summed E-state index contributed by atoms with van der Waals surface area (Å²) in [6.07, 6.45) is 13.4. The molecule has 4 nitrogen and oxygen atoms in total. The molecule has 0 spiro atoms. The van der Waals surface area contributed by atoms with Crippen LogP contribution in [-0.4, -0.2) is 55.9 Å². The molecule has 0 bridgehead atoms. The molecule has 5 heteroatoms. The number of hydrogen-bond acceptors (Lipinski definition) is 4. The molecule has 1 unspecified atom stereocenters. The van der Waals surface area contributed by atoms with E-state index >= 15 is 0 Å². The molecule has 1 saturated heterocycles. The maximum absolute atomic E-state index is 11.2. The maximum atomic E-state index is 11.2. The van der Waals surface area contributed by atoms with E-state index in [-0.39, 0.29) is 26.4 Å². The Morgan fingerprint density at radius 2 is 1.50 bits per heavy atom. The molecule has 0 amide bonds. The zero-order valence-electron chi connectivity index (χ0n) is 20.5. The molecule has 0 radical (unpaired) electrons. The molecule has 1 aromatic carbocycles. The van der Waals surface area contributed by atoms with Gasteiger partial charge in [-0.25, -0.2) is 0 Å². The molecule has 1 heterocycles. The van der Waals surface area contributed by atoms with Gasteiger partial charge in [-0.05, 0) is 0 Å². The van der Waals surface area contributed by atoms with Crippen LogP contribution in [-0.2, 0) is 9.47 Å². The van der Waals surface area contributed by atoms with Crippen LogP contribution in [0.3, 0.4) is 0 Å². The monoisotopic (exact) mass is 514 g/mol. The van der Waals surface area contributed by atoms with Gasteiger partial charge in [-0.3, -0.25) is 0 Å². The molecular formula is C27H46O4Se. The van der Waals surface area contributed by atoms with Crippen LogP contribution in [0.4, 0.5) is 0 Å². The van der Waals surface area contributed by atoms with E-state index in [1.807, 2.05) is 19.9 Å². The molecule has 32 heavy (non-hydrogen) atoms. The predicted octanol–water partition coefficient (Wildman–Crippen LogP) is 5.38. The van der Waals surface area contributed by atoms with Gasteiger partial charge in [-0.2, -0.15) is 0 Å². The van der Waals surface area contributed by atoms with Crippen molar-refractivity contribution >= 4 is 19.4 Å². The van der Waals surface area contributed by atoms with E-state index in [1.165, 1.54) is 68.7 Å². The first-order valence-electron chi connectivity index (χ1n) is 12.8. The van der Waals surface area contributed by atoms with Gasteiger partial charge in [0.2, 0.25) is 0 Å². The van der Waals surface area contributed by atoms with Crippen molar-refractivity contribution in [2.75, 3.05) is 6.61 Å². The second kappa shape index (κ2) is 15.5.